The molecule has 24 heavy (non-hydrogen) atoms. The highest BCUT2D eigenvalue weighted by atomic mass is 28.4. The standard InChI is InChI=1S/C22H28OSi/c1-17-8-9-20(16-18(17)2)11-10-19-12-14-21(15-13-19)23-24(6,7)22(3,4)5/h8-9,12-16H,1-7H3. The second kappa shape index (κ2) is 6.87. The second-order valence-corrected chi connectivity index (χ2v) is 12.7. The molecule has 0 amide bonds. The molecule has 0 aliphatic rings. The highest BCUT2D eigenvalue weighted by Crippen LogP contribution is 2.37. The highest BCUT2D eigenvalue weighted by molar-refractivity contribution is 6.74. The predicted molar refractivity (Wildman–Crippen MR) is 106 cm³/mol. The van der Waals surface area contributed by atoms with E-state index in [2.05, 4.69) is 77.8 Å². The zero-order valence-electron chi connectivity index (χ0n) is 15.9. The first-order chi connectivity index (χ1) is 11.1. The third-order valence-corrected chi connectivity index (χ3v) is 9.25. The van der Waals surface area contributed by atoms with Crippen molar-refractivity contribution in [2.75, 3.05) is 0 Å². The molecule has 2 aromatic carbocycles. The van der Waals surface area contributed by atoms with E-state index < -0.39 is 8.32 Å². The molecule has 0 heterocycles. The predicted octanol–water partition coefficient (Wildman–Crippen LogP) is 6.09. The zero-order chi connectivity index (χ0) is 18.0. The lowest BCUT2D eigenvalue weighted by Gasteiger charge is -2.36. The van der Waals surface area contributed by atoms with E-state index in [0.717, 1.165) is 16.9 Å². The summed E-state index contributed by atoms with van der Waals surface area (Å²) in [6.07, 6.45) is 0. The van der Waals surface area contributed by atoms with Gasteiger partial charge in [-0.2, -0.15) is 0 Å². The van der Waals surface area contributed by atoms with Gasteiger partial charge >= 0.3 is 0 Å². The van der Waals surface area contributed by atoms with Gasteiger partial charge in [0.2, 0.25) is 8.32 Å². The fourth-order valence-electron chi connectivity index (χ4n) is 2.02. The lowest BCUT2D eigenvalue weighted by Crippen LogP contribution is -2.43. The Hall–Kier alpha value is -1.98. The van der Waals surface area contributed by atoms with Crippen LogP contribution in [0.3, 0.4) is 0 Å². The quantitative estimate of drug-likeness (QED) is 0.476. The van der Waals surface area contributed by atoms with E-state index in [0.29, 0.717) is 0 Å². The van der Waals surface area contributed by atoms with E-state index in [-0.39, 0.29) is 5.04 Å². The number of rotatable bonds is 2. The fourth-order valence-corrected chi connectivity index (χ4v) is 3.05. The van der Waals surface area contributed by atoms with Crippen molar-refractivity contribution in [3.8, 4) is 17.6 Å². The van der Waals surface area contributed by atoms with Crippen LogP contribution in [0.25, 0.3) is 0 Å². The molecule has 0 aromatic heterocycles. The van der Waals surface area contributed by atoms with Gasteiger partial charge < -0.3 is 4.43 Å². The summed E-state index contributed by atoms with van der Waals surface area (Å²) in [5, 5.41) is 0.203. The van der Waals surface area contributed by atoms with Crippen molar-refractivity contribution < 1.29 is 4.43 Å². The van der Waals surface area contributed by atoms with Gasteiger partial charge in [0.1, 0.15) is 5.75 Å². The summed E-state index contributed by atoms with van der Waals surface area (Å²) < 4.78 is 6.30. The molecular formula is C22H28OSi. The largest absolute Gasteiger partial charge is 0.544 e. The minimum absolute atomic E-state index is 0.203. The van der Waals surface area contributed by atoms with Crippen LogP contribution in [0, 0.1) is 25.7 Å². The molecule has 0 unspecified atom stereocenters. The van der Waals surface area contributed by atoms with Gasteiger partial charge in [0.25, 0.3) is 0 Å². The summed E-state index contributed by atoms with van der Waals surface area (Å²) in [6, 6.07) is 14.5. The van der Waals surface area contributed by atoms with Gasteiger partial charge in [0, 0.05) is 11.1 Å². The van der Waals surface area contributed by atoms with Crippen LogP contribution < -0.4 is 4.43 Å². The molecular weight excluding hydrogens is 308 g/mol. The minimum Gasteiger partial charge on any atom is -0.544 e. The Labute approximate surface area is 148 Å². The van der Waals surface area contributed by atoms with Gasteiger partial charge in [-0.05, 0) is 79.5 Å². The maximum absolute atomic E-state index is 6.30. The van der Waals surface area contributed by atoms with Crippen molar-refractivity contribution in [1.29, 1.82) is 0 Å². The molecule has 0 saturated carbocycles. The number of hydrogen-bond acceptors (Lipinski definition) is 1. The van der Waals surface area contributed by atoms with Crippen LogP contribution in [0.1, 0.15) is 43.0 Å². The van der Waals surface area contributed by atoms with Crippen LogP contribution in [0.5, 0.6) is 5.75 Å². The number of benzene rings is 2. The molecule has 0 bridgehead atoms. The third kappa shape index (κ3) is 4.52. The first-order valence-electron chi connectivity index (χ1n) is 8.47. The molecule has 2 rings (SSSR count). The topological polar surface area (TPSA) is 9.23 Å². The first kappa shape index (κ1) is 18.4. The molecule has 0 saturated heterocycles. The van der Waals surface area contributed by atoms with E-state index >= 15 is 0 Å². The number of hydrogen-bond donors (Lipinski definition) is 0. The maximum atomic E-state index is 6.30. The molecule has 0 atom stereocenters. The van der Waals surface area contributed by atoms with Crippen molar-refractivity contribution in [2.24, 2.45) is 0 Å². The van der Waals surface area contributed by atoms with Gasteiger partial charge in [-0.3, -0.25) is 0 Å². The Bertz CT molecular complexity index is 768. The fraction of sp³-hybridized carbons (Fsp3) is 0.364. The molecule has 2 heteroatoms. The van der Waals surface area contributed by atoms with E-state index in [1.165, 1.54) is 11.1 Å². The molecule has 126 valence electrons. The van der Waals surface area contributed by atoms with Crippen LogP contribution in [-0.4, -0.2) is 8.32 Å². The Balaban J connectivity index is 2.13. The zero-order valence-corrected chi connectivity index (χ0v) is 16.9. The molecule has 0 spiro atoms. The van der Waals surface area contributed by atoms with Crippen molar-refractivity contribution in [3.63, 3.8) is 0 Å². The summed E-state index contributed by atoms with van der Waals surface area (Å²) in [7, 11) is -1.78. The Kier molecular flexibility index (Phi) is 5.25. The lowest BCUT2D eigenvalue weighted by atomic mass is 10.1. The SMILES string of the molecule is Cc1ccc(C#Cc2ccc(O[Si](C)(C)C(C)(C)C)cc2)cc1C. The second-order valence-electron chi connectivity index (χ2n) is 7.94. The van der Waals surface area contributed by atoms with Crippen LogP contribution in [0.4, 0.5) is 0 Å². The summed E-state index contributed by atoms with van der Waals surface area (Å²) >= 11 is 0. The molecule has 1 nitrogen and oxygen atoms in total. The van der Waals surface area contributed by atoms with Gasteiger partial charge in [-0.15, -0.1) is 0 Å². The molecule has 0 fully saturated rings. The molecule has 0 radical (unpaired) electrons. The smallest absolute Gasteiger partial charge is 0.250 e. The molecule has 0 N–H and O–H groups in total. The van der Waals surface area contributed by atoms with Crippen molar-refractivity contribution in [1.82, 2.24) is 0 Å². The Morgan fingerprint density at radius 1 is 0.792 bits per heavy atom. The van der Waals surface area contributed by atoms with E-state index in [4.69, 9.17) is 4.43 Å². The highest BCUT2D eigenvalue weighted by Gasteiger charge is 2.38. The van der Waals surface area contributed by atoms with Crippen molar-refractivity contribution >= 4 is 8.32 Å². The average Bonchev–Trinajstić information content (AvgIpc) is 2.48. The molecule has 2 aromatic rings. The Morgan fingerprint density at radius 2 is 1.33 bits per heavy atom. The molecule has 0 aliphatic heterocycles. The number of aryl methyl sites for hydroxylation is 2. The van der Waals surface area contributed by atoms with E-state index in [1.54, 1.807) is 0 Å². The van der Waals surface area contributed by atoms with Crippen molar-refractivity contribution in [3.05, 3.63) is 64.7 Å². The average molecular weight is 337 g/mol. The summed E-state index contributed by atoms with van der Waals surface area (Å²) in [4.78, 5) is 0. The van der Waals surface area contributed by atoms with Gasteiger partial charge in [0.15, 0.2) is 0 Å². The van der Waals surface area contributed by atoms with Crippen LogP contribution in [0.2, 0.25) is 18.1 Å². The first-order valence-corrected chi connectivity index (χ1v) is 11.4. The summed E-state index contributed by atoms with van der Waals surface area (Å²) in [6.45, 7) is 15.5. The van der Waals surface area contributed by atoms with Gasteiger partial charge in [0.05, 0.1) is 0 Å². The van der Waals surface area contributed by atoms with Crippen LogP contribution in [0.15, 0.2) is 42.5 Å². The molecule has 0 aliphatic carbocycles. The van der Waals surface area contributed by atoms with E-state index in [1.807, 2.05) is 24.3 Å². The normalized spacial score (nSPS) is 11.6. The Morgan fingerprint density at radius 3 is 1.88 bits per heavy atom. The van der Waals surface area contributed by atoms with Crippen LogP contribution >= 0.6 is 0 Å². The minimum atomic E-state index is -1.78. The third-order valence-electron chi connectivity index (χ3n) is 4.89. The maximum Gasteiger partial charge on any atom is 0.250 e. The summed E-state index contributed by atoms with van der Waals surface area (Å²) in [5.41, 5.74) is 4.64. The van der Waals surface area contributed by atoms with Crippen LogP contribution in [-0.2, 0) is 0 Å². The summed E-state index contributed by atoms with van der Waals surface area (Å²) in [5.74, 6) is 7.42. The lowest BCUT2D eigenvalue weighted by molar-refractivity contribution is 0.492. The van der Waals surface area contributed by atoms with Crippen molar-refractivity contribution in [2.45, 2.75) is 52.8 Å². The van der Waals surface area contributed by atoms with E-state index in [9.17, 15) is 0 Å². The van der Waals surface area contributed by atoms with Gasteiger partial charge in [-0.25, -0.2) is 0 Å². The van der Waals surface area contributed by atoms with Gasteiger partial charge in [-0.1, -0.05) is 38.7 Å². The monoisotopic (exact) mass is 336 g/mol.